The minimum absolute atomic E-state index is 0.0945. The lowest BCUT2D eigenvalue weighted by Gasteiger charge is -2.33. The highest BCUT2D eigenvalue weighted by Crippen LogP contribution is 2.29. The number of nitrogens with one attached hydrogen (secondary N) is 1. The first-order valence-electron chi connectivity index (χ1n) is 12.6. The fourth-order valence-corrected chi connectivity index (χ4v) is 5.66. The molecule has 3 aromatic rings. The van der Waals surface area contributed by atoms with Crippen molar-refractivity contribution in [3.63, 3.8) is 0 Å². The minimum Gasteiger partial charge on any atom is -0.497 e. The molecule has 0 bridgehead atoms. The van der Waals surface area contributed by atoms with Gasteiger partial charge in [-0.1, -0.05) is 25.1 Å². The normalized spacial score (nSPS) is 11.8. The Bertz CT molecular complexity index is 1510. The summed E-state index contributed by atoms with van der Waals surface area (Å²) in [7, 11) is -1.66. The fraction of sp³-hybridized carbons (Fsp3) is 0.286. The van der Waals surface area contributed by atoms with E-state index in [1.807, 2.05) is 0 Å². The number of sulfonamides is 1. The summed E-state index contributed by atoms with van der Waals surface area (Å²) in [5.41, 5.74) is 0.491. The largest absolute Gasteiger partial charge is 0.497 e. The third-order valence-corrected chi connectivity index (χ3v) is 8.27. The van der Waals surface area contributed by atoms with Crippen LogP contribution in [0, 0.1) is 22.9 Å². The maximum atomic E-state index is 13.9. The number of anilines is 1. The van der Waals surface area contributed by atoms with E-state index < -0.39 is 50.9 Å². The average molecular weight is 587 g/mol. The smallest absolute Gasteiger partial charge is 0.273 e. The zero-order valence-electron chi connectivity index (χ0n) is 23.0. The van der Waals surface area contributed by atoms with Crippen molar-refractivity contribution in [1.82, 2.24) is 10.2 Å². The van der Waals surface area contributed by atoms with Gasteiger partial charge in [-0.25, -0.2) is 12.8 Å². The van der Waals surface area contributed by atoms with Crippen LogP contribution in [0.5, 0.6) is 5.75 Å². The van der Waals surface area contributed by atoms with E-state index in [-0.39, 0.29) is 29.1 Å². The number of nitrogens with zero attached hydrogens (tertiary/aromatic N) is 3. The molecule has 2 amide bonds. The van der Waals surface area contributed by atoms with Crippen molar-refractivity contribution in [3.8, 4) is 5.75 Å². The Kier molecular flexibility index (Phi) is 10.0. The highest BCUT2D eigenvalue weighted by atomic mass is 32.2. The van der Waals surface area contributed by atoms with E-state index in [9.17, 15) is 32.5 Å². The Morgan fingerprint density at radius 1 is 1.07 bits per heavy atom. The van der Waals surface area contributed by atoms with Gasteiger partial charge in [-0.2, -0.15) is 0 Å². The number of likely N-dealkylation sites (N-methyl/N-ethyl adjacent to an activating group) is 1. The number of nitro groups is 1. The summed E-state index contributed by atoms with van der Waals surface area (Å²) >= 11 is 0. The summed E-state index contributed by atoms with van der Waals surface area (Å²) in [4.78, 5) is 38.3. The molecule has 218 valence electrons. The van der Waals surface area contributed by atoms with Crippen LogP contribution in [-0.2, 0) is 26.2 Å². The molecule has 1 atom stereocenters. The summed E-state index contributed by atoms with van der Waals surface area (Å²) in [5, 5.41) is 14.1. The second kappa shape index (κ2) is 13.2. The van der Waals surface area contributed by atoms with E-state index in [0.29, 0.717) is 11.3 Å². The predicted molar refractivity (Wildman–Crippen MR) is 150 cm³/mol. The Morgan fingerprint density at radius 3 is 2.24 bits per heavy atom. The molecule has 0 saturated carbocycles. The Hall–Kier alpha value is -4.52. The van der Waals surface area contributed by atoms with E-state index in [0.717, 1.165) is 10.4 Å². The number of rotatable bonds is 12. The van der Waals surface area contributed by atoms with Gasteiger partial charge in [0.15, 0.2) is 0 Å². The van der Waals surface area contributed by atoms with Gasteiger partial charge < -0.3 is 15.0 Å². The molecule has 0 aliphatic carbocycles. The van der Waals surface area contributed by atoms with Gasteiger partial charge in [-0.3, -0.25) is 24.0 Å². The highest BCUT2D eigenvalue weighted by Gasteiger charge is 2.34. The summed E-state index contributed by atoms with van der Waals surface area (Å²) in [6.45, 7) is 2.35. The third kappa shape index (κ3) is 7.17. The Morgan fingerprint density at radius 2 is 1.71 bits per heavy atom. The maximum Gasteiger partial charge on any atom is 0.273 e. The van der Waals surface area contributed by atoms with Crippen LogP contribution >= 0.6 is 0 Å². The maximum absolute atomic E-state index is 13.9. The quantitative estimate of drug-likeness (QED) is 0.252. The second-order valence-corrected chi connectivity index (χ2v) is 11.0. The van der Waals surface area contributed by atoms with Crippen molar-refractivity contribution in [2.45, 2.75) is 37.8 Å². The van der Waals surface area contributed by atoms with Crippen LogP contribution in [0.4, 0.5) is 15.8 Å². The first-order chi connectivity index (χ1) is 19.4. The summed E-state index contributed by atoms with van der Waals surface area (Å²) in [6.07, 6.45) is 0.214. The SMILES string of the molecule is CCC(C(=O)NC)N(Cc1ccc(F)cc1)C(=O)CN(c1ccc(OC)cc1)S(=O)(=O)c1ccc(C)c([N+](=O)[O-])c1. The van der Waals surface area contributed by atoms with Gasteiger partial charge in [0.05, 0.1) is 22.6 Å². The molecule has 0 aliphatic rings. The average Bonchev–Trinajstić information content (AvgIpc) is 2.96. The van der Waals surface area contributed by atoms with Crippen LogP contribution in [0.2, 0.25) is 0 Å². The number of ether oxygens (including phenoxy) is 1. The number of methoxy groups -OCH3 is 1. The molecular weight excluding hydrogens is 555 g/mol. The molecule has 3 aromatic carbocycles. The van der Waals surface area contributed by atoms with Gasteiger partial charge in [0.25, 0.3) is 15.7 Å². The number of carbonyl (C=O) groups excluding carboxylic acids is 2. The van der Waals surface area contributed by atoms with Crippen molar-refractivity contribution >= 4 is 33.2 Å². The Balaban J connectivity index is 2.11. The van der Waals surface area contributed by atoms with E-state index in [4.69, 9.17) is 4.74 Å². The molecule has 0 heterocycles. The molecule has 3 rings (SSSR count). The zero-order valence-corrected chi connectivity index (χ0v) is 23.9. The number of hydrogen-bond acceptors (Lipinski definition) is 7. The minimum atomic E-state index is -4.52. The van der Waals surface area contributed by atoms with Crippen LogP contribution in [0.15, 0.2) is 71.6 Å². The van der Waals surface area contributed by atoms with Gasteiger partial charge in [0.1, 0.15) is 24.2 Å². The van der Waals surface area contributed by atoms with Gasteiger partial charge in [-0.15, -0.1) is 0 Å². The first-order valence-corrected chi connectivity index (χ1v) is 14.0. The Labute approximate surface area is 237 Å². The van der Waals surface area contributed by atoms with E-state index in [1.54, 1.807) is 6.92 Å². The molecule has 0 aliphatic heterocycles. The molecule has 0 saturated heterocycles. The number of amides is 2. The van der Waals surface area contributed by atoms with Crippen molar-refractivity contribution < 1.29 is 32.1 Å². The standard InChI is InChI=1S/C28H31FN4O7S/c1-5-25(28(35)30-3)31(17-20-7-9-21(29)10-8-20)27(34)18-32(22-11-13-23(40-4)14-12-22)41(38,39)24-15-6-19(2)26(16-24)33(36)37/h6-16,25H,5,17-18H2,1-4H3,(H,30,35). The first kappa shape index (κ1) is 31.0. The molecule has 13 heteroatoms. The number of aryl methyl sites for hydroxylation is 1. The van der Waals surface area contributed by atoms with E-state index in [1.165, 1.54) is 86.6 Å². The summed E-state index contributed by atoms with van der Waals surface area (Å²) in [5.74, 6) is -1.22. The van der Waals surface area contributed by atoms with Gasteiger partial charge >= 0.3 is 0 Å². The van der Waals surface area contributed by atoms with E-state index >= 15 is 0 Å². The number of carbonyl (C=O) groups is 2. The molecule has 41 heavy (non-hydrogen) atoms. The molecule has 0 radical (unpaired) electrons. The zero-order chi connectivity index (χ0) is 30.3. The predicted octanol–water partition coefficient (Wildman–Crippen LogP) is 3.80. The van der Waals surface area contributed by atoms with E-state index in [2.05, 4.69) is 5.32 Å². The molecule has 0 fully saturated rings. The molecular formula is C28H31FN4O7S. The number of hydrogen-bond donors (Lipinski definition) is 1. The van der Waals surface area contributed by atoms with Crippen LogP contribution in [0.1, 0.15) is 24.5 Å². The number of nitro benzene ring substituents is 1. The van der Waals surface area contributed by atoms with Gasteiger partial charge in [0.2, 0.25) is 11.8 Å². The van der Waals surface area contributed by atoms with Crippen LogP contribution < -0.4 is 14.4 Å². The van der Waals surface area contributed by atoms with Crippen LogP contribution in [0.25, 0.3) is 0 Å². The fourth-order valence-electron chi connectivity index (χ4n) is 4.22. The number of halogens is 1. The van der Waals surface area contributed by atoms with Crippen molar-refractivity contribution in [3.05, 3.63) is 93.8 Å². The second-order valence-electron chi connectivity index (χ2n) is 9.10. The molecule has 0 spiro atoms. The lowest BCUT2D eigenvalue weighted by atomic mass is 10.1. The van der Waals surface area contributed by atoms with Gasteiger partial charge in [0, 0.05) is 25.2 Å². The highest BCUT2D eigenvalue weighted by molar-refractivity contribution is 7.92. The van der Waals surface area contributed by atoms with Crippen molar-refractivity contribution in [1.29, 1.82) is 0 Å². The summed E-state index contributed by atoms with van der Waals surface area (Å²) in [6, 6.07) is 13.8. The van der Waals surface area contributed by atoms with Gasteiger partial charge in [-0.05, 0) is 61.4 Å². The lowest BCUT2D eigenvalue weighted by Crippen LogP contribution is -2.51. The summed E-state index contributed by atoms with van der Waals surface area (Å²) < 4.78 is 47.4. The number of benzene rings is 3. The van der Waals surface area contributed by atoms with Crippen LogP contribution in [-0.4, -0.2) is 56.8 Å². The van der Waals surface area contributed by atoms with Crippen molar-refractivity contribution in [2.24, 2.45) is 0 Å². The molecule has 0 aromatic heterocycles. The monoisotopic (exact) mass is 586 g/mol. The van der Waals surface area contributed by atoms with Crippen LogP contribution in [0.3, 0.4) is 0 Å². The topological polar surface area (TPSA) is 139 Å². The molecule has 1 unspecified atom stereocenters. The third-order valence-electron chi connectivity index (χ3n) is 6.50. The molecule has 1 N–H and O–H groups in total. The molecule has 11 nitrogen and oxygen atoms in total. The van der Waals surface area contributed by atoms with Crippen molar-refractivity contribution in [2.75, 3.05) is 25.0 Å². The lowest BCUT2D eigenvalue weighted by molar-refractivity contribution is -0.385.